The molecule has 94 valence electrons. The molecule has 1 unspecified atom stereocenters. The Bertz CT molecular complexity index is 390. The Labute approximate surface area is 120 Å². The van der Waals surface area contributed by atoms with Gasteiger partial charge in [0.2, 0.25) is 0 Å². The van der Waals surface area contributed by atoms with E-state index >= 15 is 0 Å². The maximum Gasteiger partial charge on any atom is 0.146 e. The first kappa shape index (κ1) is 14.9. The van der Waals surface area contributed by atoms with Crippen LogP contribution in [0.5, 0.6) is 0 Å². The van der Waals surface area contributed by atoms with Crippen LogP contribution in [0.2, 0.25) is 0 Å². The fourth-order valence-corrected chi connectivity index (χ4v) is 3.20. The topological polar surface area (TPSA) is 17.1 Å². The van der Waals surface area contributed by atoms with Crippen LogP contribution in [0.15, 0.2) is 16.6 Å². The molecule has 17 heavy (non-hydrogen) atoms. The Morgan fingerprint density at radius 3 is 2.29 bits per heavy atom. The number of rotatable bonds is 5. The smallest absolute Gasteiger partial charge is 0.146 e. The van der Waals surface area contributed by atoms with E-state index in [1.165, 1.54) is 16.7 Å². The van der Waals surface area contributed by atoms with Crippen LogP contribution in [0.4, 0.5) is 0 Å². The van der Waals surface area contributed by atoms with E-state index in [2.05, 4.69) is 57.8 Å². The quantitative estimate of drug-likeness (QED) is 0.692. The summed E-state index contributed by atoms with van der Waals surface area (Å²) in [6.07, 6.45) is 2.35. The van der Waals surface area contributed by atoms with E-state index in [0.29, 0.717) is 12.2 Å². The molecular weight excluding hydrogens is 344 g/mol. The minimum Gasteiger partial charge on any atom is -0.298 e. The van der Waals surface area contributed by atoms with Crippen molar-refractivity contribution in [3.8, 4) is 0 Å². The SMILES string of the molecule is CCCC(=O)C(Br)Cc1c(C)cc(Br)cc1C. The van der Waals surface area contributed by atoms with E-state index in [0.717, 1.165) is 17.3 Å². The Morgan fingerprint density at radius 2 is 1.82 bits per heavy atom. The highest BCUT2D eigenvalue weighted by Gasteiger charge is 2.16. The molecule has 1 aromatic carbocycles. The van der Waals surface area contributed by atoms with Crippen molar-refractivity contribution in [3.63, 3.8) is 0 Å². The minimum absolute atomic E-state index is 0.0546. The zero-order chi connectivity index (χ0) is 13.0. The summed E-state index contributed by atoms with van der Waals surface area (Å²) < 4.78 is 1.10. The first-order valence-electron chi connectivity index (χ1n) is 5.88. The summed E-state index contributed by atoms with van der Waals surface area (Å²) in [5.74, 6) is 0.300. The molecule has 3 heteroatoms. The number of alkyl halides is 1. The maximum atomic E-state index is 11.8. The summed E-state index contributed by atoms with van der Waals surface area (Å²) in [5.41, 5.74) is 3.76. The third-order valence-electron chi connectivity index (χ3n) is 2.89. The number of carbonyl (C=O) groups excluding carboxylic acids is 1. The van der Waals surface area contributed by atoms with Gasteiger partial charge in [0.15, 0.2) is 0 Å². The maximum absolute atomic E-state index is 11.8. The van der Waals surface area contributed by atoms with Crippen molar-refractivity contribution in [1.29, 1.82) is 0 Å². The molecule has 0 saturated heterocycles. The van der Waals surface area contributed by atoms with Crippen LogP contribution in [0.25, 0.3) is 0 Å². The molecule has 0 N–H and O–H groups in total. The monoisotopic (exact) mass is 360 g/mol. The molecule has 0 amide bonds. The van der Waals surface area contributed by atoms with Gasteiger partial charge in [-0.15, -0.1) is 0 Å². The van der Waals surface area contributed by atoms with Gasteiger partial charge in [-0.2, -0.15) is 0 Å². The van der Waals surface area contributed by atoms with Crippen molar-refractivity contribution in [2.24, 2.45) is 0 Å². The number of hydrogen-bond acceptors (Lipinski definition) is 1. The van der Waals surface area contributed by atoms with E-state index in [9.17, 15) is 4.79 Å². The minimum atomic E-state index is -0.0546. The lowest BCUT2D eigenvalue weighted by Crippen LogP contribution is -2.17. The van der Waals surface area contributed by atoms with Gasteiger partial charge in [0.1, 0.15) is 5.78 Å². The number of halogens is 2. The second-order valence-corrected chi connectivity index (χ2v) is 6.43. The number of benzene rings is 1. The summed E-state index contributed by atoms with van der Waals surface area (Å²) in [5, 5.41) is 0. The van der Waals surface area contributed by atoms with Crippen molar-refractivity contribution >= 4 is 37.6 Å². The summed E-state index contributed by atoms with van der Waals surface area (Å²) in [4.78, 5) is 11.7. The summed E-state index contributed by atoms with van der Waals surface area (Å²) in [6, 6.07) is 4.21. The van der Waals surface area contributed by atoms with E-state index in [1.807, 2.05) is 6.92 Å². The molecule has 1 nitrogen and oxygen atoms in total. The molecule has 0 bridgehead atoms. The van der Waals surface area contributed by atoms with Gasteiger partial charge < -0.3 is 0 Å². The van der Waals surface area contributed by atoms with Crippen LogP contribution in [-0.4, -0.2) is 10.6 Å². The molecule has 0 aliphatic carbocycles. The molecule has 1 aromatic rings. The van der Waals surface area contributed by atoms with Gasteiger partial charge in [-0.05, 0) is 55.5 Å². The van der Waals surface area contributed by atoms with E-state index in [-0.39, 0.29) is 4.83 Å². The summed E-state index contributed by atoms with van der Waals surface area (Å²) in [7, 11) is 0. The lowest BCUT2D eigenvalue weighted by atomic mass is 9.97. The zero-order valence-corrected chi connectivity index (χ0v) is 13.7. The predicted octanol–water partition coefficient (Wildman–Crippen LogP) is 4.74. The van der Waals surface area contributed by atoms with Gasteiger partial charge >= 0.3 is 0 Å². The second kappa shape index (κ2) is 6.69. The Balaban J connectivity index is 2.85. The molecule has 0 radical (unpaired) electrons. The average molecular weight is 362 g/mol. The number of ketones is 1. The zero-order valence-electron chi connectivity index (χ0n) is 10.5. The van der Waals surface area contributed by atoms with Crippen LogP contribution in [0.1, 0.15) is 36.5 Å². The molecule has 0 aromatic heterocycles. The van der Waals surface area contributed by atoms with Gasteiger partial charge in [-0.3, -0.25) is 4.79 Å². The third-order valence-corrected chi connectivity index (χ3v) is 4.18. The molecule has 0 aliphatic rings. The molecule has 1 rings (SSSR count). The Hall–Kier alpha value is -0.150. The molecule has 0 saturated carbocycles. The van der Waals surface area contributed by atoms with Gasteiger partial charge in [0, 0.05) is 10.9 Å². The van der Waals surface area contributed by atoms with Gasteiger partial charge in [0.25, 0.3) is 0 Å². The number of Topliss-reactive ketones (excluding diaryl/α,β-unsaturated/α-hetero) is 1. The molecule has 0 heterocycles. The van der Waals surface area contributed by atoms with Crippen LogP contribution in [0, 0.1) is 13.8 Å². The van der Waals surface area contributed by atoms with Crippen molar-refractivity contribution < 1.29 is 4.79 Å². The van der Waals surface area contributed by atoms with Crippen LogP contribution in [0.3, 0.4) is 0 Å². The van der Waals surface area contributed by atoms with E-state index in [4.69, 9.17) is 0 Å². The van der Waals surface area contributed by atoms with Crippen LogP contribution < -0.4 is 0 Å². The van der Waals surface area contributed by atoms with Gasteiger partial charge in [-0.1, -0.05) is 38.8 Å². The molecule has 0 aliphatic heterocycles. The van der Waals surface area contributed by atoms with E-state index in [1.54, 1.807) is 0 Å². The Kier molecular flexibility index (Phi) is 5.87. The van der Waals surface area contributed by atoms with Crippen molar-refractivity contribution in [3.05, 3.63) is 33.3 Å². The normalized spacial score (nSPS) is 12.5. The average Bonchev–Trinajstić information content (AvgIpc) is 2.23. The second-order valence-electron chi connectivity index (χ2n) is 4.41. The van der Waals surface area contributed by atoms with Crippen LogP contribution >= 0.6 is 31.9 Å². The fraction of sp³-hybridized carbons (Fsp3) is 0.500. The molecule has 1 atom stereocenters. The van der Waals surface area contributed by atoms with Crippen LogP contribution in [-0.2, 0) is 11.2 Å². The third kappa shape index (κ3) is 4.22. The lowest BCUT2D eigenvalue weighted by Gasteiger charge is -2.14. The molecule has 0 fully saturated rings. The highest BCUT2D eigenvalue weighted by atomic mass is 79.9. The highest BCUT2D eigenvalue weighted by molar-refractivity contribution is 9.10. The van der Waals surface area contributed by atoms with Gasteiger partial charge in [0.05, 0.1) is 4.83 Å². The fourth-order valence-electron chi connectivity index (χ4n) is 1.96. The first-order valence-corrected chi connectivity index (χ1v) is 7.59. The van der Waals surface area contributed by atoms with Crippen molar-refractivity contribution in [2.75, 3.05) is 0 Å². The predicted molar refractivity (Wildman–Crippen MR) is 80.0 cm³/mol. The van der Waals surface area contributed by atoms with E-state index < -0.39 is 0 Å². The molecule has 0 spiro atoms. The highest BCUT2D eigenvalue weighted by Crippen LogP contribution is 2.24. The Morgan fingerprint density at radius 1 is 1.29 bits per heavy atom. The number of aryl methyl sites for hydroxylation is 2. The van der Waals surface area contributed by atoms with Gasteiger partial charge in [-0.25, -0.2) is 0 Å². The number of carbonyl (C=O) groups is 1. The number of hydrogen-bond donors (Lipinski definition) is 0. The van der Waals surface area contributed by atoms with Crippen molar-refractivity contribution in [1.82, 2.24) is 0 Å². The summed E-state index contributed by atoms with van der Waals surface area (Å²) in [6.45, 7) is 6.22. The summed E-state index contributed by atoms with van der Waals surface area (Å²) >= 11 is 7.00. The largest absolute Gasteiger partial charge is 0.298 e. The van der Waals surface area contributed by atoms with Crippen molar-refractivity contribution in [2.45, 2.75) is 44.9 Å². The first-order chi connectivity index (χ1) is 7.95. The lowest BCUT2D eigenvalue weighted by molar-refractivity contribution is -0.118. The standard InChI is InChI=1S/C14H18Br2O/c1-4-5-14(17)13(16)8-12-9(2)6-11(15)7-10(12)3/h6-7,13H,4-5,8H2,1-3H3. The molecular formula is C14H18Br2O.